The van der Waals surface area contributed by atoms with Crippen molar-refractivity contribution in [1.82, 2.24) is 5.01 Å². The first-order valence-corrected chi connectivity index (χ1v) is 8.57. The van der Waals surface area contributed by atoms with Crippen molar-refractivity contribution in [2.24, 2.45) is 5.10 Å². The van der Waals surface area contributed by atoms with Gasteiger partial charge in [0, 0.05) is 38.8 Å². The zero-order chi connectivity index (χ0) is 18.1. The van der Waals surface area contributed by atoms with Crippen LogP contribution in [-0.4, -0.2) is 21.7 Å². The number of nitro groups is 1. The molecule has 0 saturated carbocycles. The maximum Gasteiger partial charge on any atom is 0.270 e. The van der Waals surface area contributed by atoms with Gasteiger partial charge in [-0.15, -0.1) is 5.10 Å². The molecule has 128 valence electrons. The Morgan fingerprint density at radius 3 is 2.76 bits per heavy atom. The molecule has 1 aliphatic rings. The summed E-state index contributed by atoms with van der Waals surface area (Å²) in [4.78, 5) is 22.5. The highest BCUT2D eigenvalue weighted by molar-refractivity contribution is 14.1. The van der Waals surface area contributed by atoms with E-state index < -0.39 is 11.2 Å². The molecular formula is C16H11ClIN3O4. The molecule has 1 atom stereocenters. The van der Waals surface area contributed by atoms with E-state index in [1.54, 1.807) is 6.07 Å². The second kappa shape index (κ2) is 6.96. The number of hydrazone groups is 1. The van der Waals surface area contributed by atoms with E-state index in [2.05, 4.69) is 27.7 Å². The summed E-state index contributed by atoms with van der Waals surface area (Å²) in [5, 5.41) is 16.6. The van der Waals surface area contributed by atoms with Crippen LogP contribution in [0.15, 0.2) is 47.6 Å². The first-order valence-electron chi connectivity index (χ1n) is 7.11. The minimum absolute atomic E-state index is 0.144. The van der Waals surface area contributed by atoms with Crippen LogP contribution >= 0.6 is 34.2 Å². The summed E-state index contributed by atoms with van der Waals surface area (Å²) in [6, 6.07) is 11.4. The highest BCUT2D eigenvalue weighted by Gasteiger charge is 2.35. The molecule has 25 heavy (non-hydrogen) atoms. The summed E-state index contributed by atoms with van der Waals surface area (Å²) >= 11 is 8.33. The van der Waals surface area contributed by atoms with Gasteiger partial charge in [0.25, 0.3) is 5.69 Å². The van der Waals surface area contributed by atoms with Crippen LogP contribution in [0.1, 0.15) is 24.3 Å². The van der Waals surface area contributed by atoms with Gasteiger partial charge in [0.2, 0.25) is 18.0 Å². The number of halogens is 2. The van der Waals surface area contributed by atoms with E-state index in [0.717, 1.165) is 8.58 Å². The predicted octanol–water partition coefficient (Wildman–Crippen LogP) is 4.09. The van der Waals surface area contributed by atoms with E-state index in [1.807, 2.05) is 18.2 Å². The van der Waals surface area contributed by atoms with Gasteiger partial charge < -0.3 is 4.74 Å². The molecule has 2 aromatic carbocycles. The van der Waals surface area contributed by atoms with Crippen LogP contribution in [0.3, 0.4) is 0 Å². The standard InChI is InChI=1S/C16H11ClIN3O4/c1-9(22)20-16(13-8-12(21(23)24)5-6-14(13)17)25-15(19-20)10-3-2-4-11(18)7-10/h2-8,16H,1H3/t16-/m1/s1. The number of hydrogen-bond acceptors (Lipinski definition) is 5. The SMILES string of the molecule is CC(=O)N1N=C(c2cccc(I)c2)O[C@@H]1c1cc([N+](=O)[O-])ccc1Cl. The Hall–Kier alpha value is -2.20. The summed E-state index contributed by atoms with van der Waals surface area (Å²) in [5.74, 6) is -0.116. The highest BCUT2D eigenvalue weighted by Crippen LogP contribution is 2.36. The number of carbonyl (C=O) groups excluding carboxylic acids is 1. The lowest BCUT2D eigenvalue weighted by Gasteiger charge is -2.20. The largest absolute Gasteiger partial charge is 0.446 e. The molecule has 0 N–H and O–H groups in total. The van der Waals surface area contributed by atoms with Crippen LogP contribution in [0.4, 0.5) is 5.69 Å². The Morgan fingerprint density at radius 1 is 1.36 bits per heavy atom. The topological polar surface area (TPSA) is 85.0 Å². The summed E-state index contributed by atoms with van der Waals surface area (Å²) in [6.07, 6.45) is -0.960. The molecule has 2 aromatic rings. The van der Waals surface area contributed by atoms with E-state index in [1.165, 1.54) is 25.1 Å². The number of carbonyl (C=O) groups is 1. The lowest BCUT2D eigenvalue weighted by molar-refractivity contribution is -0.385. The Bertz CT molecular complexity index is 903. The average Bonchev–Trinajstić information content (AvgIpc) is 3.00. The van der Waals surface area contributed by atoms with Crippen LogP contribution in [-0.2, 0) is 9.53 Å². The number of hydrogen-bond donors (Lipinski definition) is 0. The average molecular weight is 472 g/mol. The Morgan fingerprint density at radius 2 is 2.12 bits per heavy atom. The number of nitrogens with zero attached hydrogens (tertiary/aromatic N) is 3. The molecule has 0 saturated heterocycles. The second-order valence-corrected chi connectivity index (χ2v) is 6.87. The van der Waals surface area contributed by atoms with E-state index >= 15 is 0 Å². The minimum Gasteiger partial charge on any atom is -0.446 e. The van der Waals surface area contributed by atoms with Crippen LogP contribution in [0.2, 0.25) is 5.02 Å². The lowest BCUT2D eigenvalue weighted by Crippen LogP contribution is -2.25. The van der Waals surface area contributed by atoms with Gasteiger partial charge in [-0.25, -0.2) is 0 Å². The van der Waals surface area contributed by atoms with E-state index in [0.29, 0.717) is 11.1 Å². The van der Waals surface area contributed by atoms with Gasteiger partial charge in [0.1, 0.15) is 0 Å². The monoisotopic (exact) mass is 471 g/mol. The molecule has 1 amide bonds. The zero-order valence-corrected chi connectivity index (χ0v) is 15.8. The van der Waals surface area contributed by atoms with Gasteiger partial charge in [0.05, 0.1) is 4.92 Å². The zero-order valence-electron chi connectivity index (χ0n) is 12.8. The van der Waals surface area contributed by atoms with Crippen molar-refractivity contribution in [2.75, 3.05) is 0 Å². The maximum atomic E-state index is 12.0. The molecule has 1 heterocycles. The lowest BCUT2D eigenvalue weighted by atomic mass is 10.1. The predicted molar refractivity (Wildman–Crippen MR) is 100 cm³/mol. The third kappa shape index (κ3) is 3.59. The van der Waals surface area contributed by atoms with Crippen LogP contribution in [0, 0.1) is 13.7 Å². The van der Waals surface area contributed by atoms with Crippen LogP contribution < -0.4 is 0 Å². The van der Waals surface area contributed by atoms with Crippen LogP contribution in [0.25, 0.3) is 0 Å². The fourth-order valence-corrected chi connectivity index (χ4v) is 3.10. The van der Waals surface area contributed by atoms with Gasteiger partial charge in [-0.3, -0.25) is 14.9 Å². The summed E-state index contributed by atoms with van der Waals surface area (Å²) in [6.45, 7) is 1.34. The molecular weight excluding hydrogens is 461 g/mol. The van der Waals surface area contributed by atoms with Crippen molar-refractivity contribution < 1.29 is 14.5 Å². The summed E-state index contributed by atoms with van der Waals surface area (Å²) in [5.41, 5.74) is 0.854. The Kier molecular flexibility index (Phi) is 4.91. The second-order valence-electron chi connectivity index (χ2n) is 5.21. The minimum atomic E-state index is -0.960. The van der Waals surface area contributed by atoms with Gasteiger partial charge in [-0.2, -0.15) is 5.01 Å². The van der Waals surface area contributed by atoms with Crippen molar-refractivity contribution >= 4 is 51.7 Å². The van der Waals surface area contributed by atoms with Crippen molar-refractivity contribution in [3.8, 4) is 0 Å². The van der Waals surface area contributed by atoms with Crippen molar-refractivity contribution in [3.05, 3.63) is 72.3 Å². The molecule has 3 rings (SSSR count). The molecule has 0 fully saturated rings. The van der Waals surface area contributed by atoms with Crippen molar-refractivity contribution in [1.29, 1.82) is 0 Å². The van der Waals surface area contributed by atoms with Gasteiger partial charge in [-0.1, -0.05) is 17.7 Å². The molecule has 0 bridgehead atoms. The smallest absolute Gasteiger partial charge is 0.270 e. The fraction of sp³-hybridized carbons (Fsp3) is 0.125. The van der Waals surface area contributed by atoms with Crippen molar-refractivity contribution in [2.45, 2.75) is 13.2 Å². The quantitative estimate of drug-likeness (QED) is 0.383. The summed E-state index contributed by atoms with van der Waals surface area (Å²) in [7, 11) is 0. The molecule has 1 aliphatic heterocycles. The molecule has 0 aromatic heterocycles. The molecule has 7 nitrogen and oxygen atoms in total. The fourth-order valence-electron chi connectivity index (χ4n) is 2.34. The molecule has 0 aliphatic carbocycles. The van der Waals surface area contributed by atoms with E-state index in [-0.39, 0.29) is 22.5 Å². The van der Waals surface area contributed by atoms with Crippen molar-refractivity contribution in [3.63, 3.8) is 0 Å². The number of benzene rings is 2. The normalized spacial score (nSPS) is 16.4. The number of nitro benzene ring substituents is 1. The van der Waals surface area contributed by atoms with Gasteiger partial charge >= 0.3 is 0 Å². The molecule has 0 spiro atoms. The third-order valence-corrected chi connectivity index (χ3v) is 4.51. The van der Waals surface area contributed by atoms with E-state index in [4.69, 9.17) is 16.3 Å². The van der Waals surface area contributed by atoms with Gasteiger partial charge in [-0.05, 0) is 46.9 Å². The number of rotatable bonds is 3. The molecule has 0 unspecified atom stereocenters. The highest BCUT2D eigenvalue weighted by atomic mass is 127. The Labute approximate surface area is 161 Å². The molecule has 0 radical (unpaired) electrons. The number of ether oxygens (including phenoxy) is 1. The van der Waals surface area contributed by atoms with Gasteiger partial charge in [0.15, 0.2) is 0 Å². The number of non-ortho nitro benzene ring substituents is 1. The first-order chi connectivity index (χ1) is 11.9. The maximum absolute atomic E-state index is 12.0. The Balaban J connectivity index is 2.02. The first kappa shape index (κ1) is 17.6. The number of amides is 1. The van der Waals surface area contributed by atoms with Crippen LogP contribution in [0.5, 0.6) is 0 Å². The van der Waals surface area contributed by atoms with E-state index in [9.17, 15) is 14.9 Å². The summed E-state index contributed by atoms with van der Waals surface area (Å²) < 4.78 is 6.80. The molecule has 9 heteroatoms. The third-order valence-electron chi connectivity index (χ3n) is 3.49.